The second kappa shape index (κ2) is 5.31. The van der Waals surface area contributed by atoms with E-state index in [2.05, 4.69) is 0 Å². The lowest BCUT2D eigenvalue weighted by atomic mass is 10.1. The molecule has 0 unspecified atom stereocenters. The topological polar surface area (TPSA) is 80.5 Å². The summed E-state index contributed by atoms with van der Waals surface area (Å²) in [4.78, 5) is 10.4. The van der Waals surface area contributed by atoms with Gasteiger partial charge in [0.25, 0.3) is 15.7 Å². The van der Waals surface area contributed by atoms with E-state index in [0.717, 1.165) is 22.0 Å². The third-order valence-electron chi connectivity index (χ3n) is 3.84. The van der Waals surface area contributed by atoms with Gasteiger partial charge in [0.15, 0.2) is 0 Å². The van der Waals surface area contributed by atoms with Crippen molar-refractivity contribution in [2.45, 2.75) is 18.2 Å². The molecular weight excluding hydrogens is 323 g/mol. The van der Waals surface area contributed by atoms with E-state index in [1.807, 2.05) is 0 Å². The number of halogens is 1. The second-order valence-corrected chi connectivity index (χ2v) is 7.14. The fourth-order valence-electron chi connectivity index (χ4n) is 2.72. The van der Waals surface area contributed by atoms with Gasteiger partial charge < -0.3 is 0 Å². The highest BCUT2D eigenvalue weighted by atomic mass is 32.2. The zero-order valence-electron chi connectivity index (χ0n) is 12.2. The number of non-ortho nitro benzene ring substituents is 1. The number of aryl methyl sites for hydroxylation is 1. The van der Waals surface area contributed by atoms with Crippen molar-refractivity contribution in [3.8, 4) is 0 Å². The van der Waals surface area contributed by atoms with E-state index in [9.17, 15) is 22.9 Å². The SMILES string of the molecule is Cc1cc(F)ccc1S(=O)(=O)N1CCc2ccc([N+](=O)[O-])cc21. The van der Waals surface area contributed by atoms with E-state index in [0.29, 0.717) is 17.7 Å². The molecule has 0 atom stereocenters. The van der Waals surface area contributed by atoms with E-state index in [1.165, 1.54) is 25.1 Å². The fourth-order valence-corrected chi connectivity index (χ4v) is 4.43. The van der Waals surface area contributed by atoms with Crippen LogP contribution in [0.4, 0.5) is 15.8 Å². The van der Waals surface area contributed by atoms with Crippen LogP contribution in [0, 0.1) is 22.9 Å². The molecule has 0 aromatic heterocycles. The molecule has 1 aliphatic heterocycles. The maximum atomic E-state index is 13.2. The Balaban J connectivity index is 2.10. The summed E-state index contributed by atoms with van der Waals surface area (Å²) in [6, 6.07) is 7.65. The van der Waals surface area contributed by atoms with Crippen molar-refractivity contribution in [1.29, 1.82) is 0 Å². The first-order valence-corrected chi connectivity index (χ1v) is 8.31. The van der Waals surface area contributed by atoms with Crippen LogP contribution in [0.2, 0.25) is 0 Å². The second-order valence-electron chi connectivity index (χ2n) is 5.31. The largest absolute Gasteiger partial charge is 0.271 e. The molecule has 120 valence electrons. The lowest BCUT2D eigenvalue weighted by Crippen LogP contribution is -2.29. The number of hydrogen-bond donors (Lipinski definition) is 0. The molecule has 3 rings (SSSR count). The summed E-state index contributed by atoms with van der Waals surface area (Å²) in [5.41, 5.74) is 1.17. The molecule has 0 saturated heterocycles. The summed E-state index contributed by atoms with van der Waals surface area (Å²) in [5.74, 6) is -0.515. The van der Waals surface area contributed by atoms with Gasteiger partial charge in [-0.25, -0.2) is 12.8 Å². The van der Waals surface area contributed by atoms with Crippen LogP contribution < -0.4 is 4.31 Å². The summed E-state index contributed by atoms with van der Waals surface area (Å²) in [6.07, 6.45) is 0.479. The van der Waals surface area contributed by atoms with Gasteiger partial charge in [-0.1, -0.05) is 6.07 Å². The number of rotatable bonds is 3. The number of nitro groups is 1. The molecule has 0 fully saturated rings. The minimum absolute atomic E-state index is 0.00161. The monoisotopic (exact) mass is 336 g/mol. The van der Waals surface area contributed by atoms with Gasteiger partial charge in [0.1, 0.15) is 5.82 Å². The summed E-state index contributed by atoms with van der Waals surface area (Å²) in [6.45, 7) is 1.72. The molecule has 0 saturated carbocycles. The Morgan fingerprint density at radius 3 is 2.61 bits per heavy atom. The minimum atomic E-state index is -3.90. The first-order chi connectivity index (χ1) is 10.8. The lowest BCUT2D eigenvalue weighted by molar-refractivity contribution is -0.384. The predicted molar refractivity (Wildman–Crippen MR) is 82.5 cm³/mol. The van der Waals surface area contributed by atoms with Crippen molar-refractivity contribution in [3.05, 3.63) is 63.5 Å². The van der Waals surface area contributed by atoms with Gasteiger partial charge >= 0.3 is 0 Å². The summed E-state index contributed by atoms with van der Waals surface area (Å²) < 4.78 is 40.0. The van der Waals surface area contributed by atoms with E-state index in [-0.39, 0.29) is 17.1 Å². The average molecular weight is 336 g/mol. The van der Waals surface area contributed by atoms with Gasteiger partial charge in [0.05, 0.1) is 15.5 Å². The molecule has 0 radical (unpaired) electrons. The Labute approximate surface area is 132 Å². The van der Waals surface area contributed by atoms with Gasteiger partial charge in [0.2, 0.25) is 0 Å². The number of nitro benzene ring substituents is 1. The fraction of sp³-hybridized carbons (Fsp3) is 0.200. The maximum absolute atomic E-state index is 13.2. The van der Waals surface area contributed by atoms with Gasteiger partial charge in [-0.15, -0.1) is 0 Å². The molecule has 8 heteroatoms. The number of hydrogen-bond acceptors (Lipinski definition) is 4. The van der Waals surface area contributed by atoms with Crippen LogP contribution in [0.5, 0.6) is 0 Å². The molecule has 0 N–H and O–H groups in total. The quantitative estimate of drug-likeness (QED) is 0.637. The van der Waals surface area contributed by atoms with Crippen molar-refractivity contribution in [2.75, 3.05) is 10.8 Å². The molecular formula is C15H13FN2O4S. The van der Waals surface area contributed by atoms with Gasteiger partial charge in [0, 0.05) is 18.7 Å². The minimum Gasteiger partial charge on any atom is -0.265 e. The van der Waals surface area contributed by atoms with Crippen molar-refractivity contribution in [1.82, 2.24) is 0 Å². The molecule has 6 nitrogen and oxygen atoms in total. The Morgan fingerprint density at radius 2 is 1.96 bits per heavy atom. The van der Waals surface area contributed by atoms with E-state index in [1.54, 1.807) is 6.07 Å². The highest BCUT2D eigenvalue weighted by Crippen LogP contribution is 2.36. The van der Waals surface area contributed by atoms with Crippen LogP contribution in [0.15, 0.2) is 41.3 Å². The smallest absolute Gasteiger partial charge is 0.265 e. The van der Waals surface area contributed by atoms with Gasteiger partial charge in [-0.05, 0) is 42.7 Å². The Morgan fingerprint density at radius 1 is 1.22 bits per heavy atom. The highest BCUT2D eigenvalue weighted by Gasteiger charge is 2.33. The zero-order chi connectivity index (χ0) is 16.8. The van der Waals surface area contributed by atoms with Crippen LogP contribution in [-0.4, -0.2) is 19.9 Å². The third-order valence-corrected chi connectivity index (χ3v) is 5.81. The summed E-state index contributed by atoms with van der Waals surface area (Å²) in [7, 11) is -3.90. The first kappa shape index (κ1) is 15.4. The van der Waals surface area contributed by atoms with Gasteiger partial charge in [-0.2, -0.15) is 0 Å². The van der Waals surface area contributed by atoms with E-state index in [4.69, 9.17) is 0 Å². The summed E-state index contributed by atoms with van der Waals surface area (Å²) >= 11 is 0. The molecule has 1 heterocycles. The van der Waals surface area contributed by atoms with Crippen LogP contribution in [0.1, 0.15) is 11.1 Å². The maximum Gasteiger partial charge on any atom is 0.271 e. The standard InChI is InChI=1S/C15H13FN2O4S/c1-10-8-12(16)3-5-15(10)23(21,22)17-7-6-11-2-4-13(18(19)20)9-14(11)17/h2-5,8-9H,6-7H2,1H3. The molecule has 2 aromatic carbocycles. The van der Waals surface area contributed by atoms with Crippen molar-refractivity contribution in [2.24, 2.45) is 0 Å². The molecule has 0 bridgehead atoms. The van der Waals surface area contributed by atoms with E-state index < -0.39 is 20.8 Å². The van der Waals surface area contributed by atoms with Crippen LogP contribution >= 0.6 is 0 Å². The molecule has 1 aliphatic rings. The average Bonchev–Trinajstić information content (AvgIpc) is 2.90. The first-order valence-electron chi connectivity index (χ1n) is 6.87. The highest BCUT2D eigenvalue weighted by molar-refractivity contribution is 7.93. The summed E-state index contributed by atoms with van der Waals surface area (Å²) in [5, 5.41) is 10.9. The van der Waals surface area contributed by atoms with E-state index >= 15 is 0 Å². The number of sulfonamides is 1. The number of benzene rings is 2. The third kappa shape index (κ3) is 2.55. The Kier molecular flexibility index (Phi) is 3.56. The normalized spacial score (nSPS) is 13.9. The lowest BCUT2D eigenvalue weighted by Gasteiger charge is -2.20. The van der Waals surface area contributed by atoms with Crippen molar-refractivity contribution < 1.29 is 17.7 Å². The molecule has 0 spiro atoms. The van der Waals surface area contributed by atoms with Gasteiger partial charge in [-0.3, -0.25) is 14.4 Å². The van der Waals surface area contributed by atoms with Crippen molar-refractivity contribution >= 4 is 21.4 Å². The van der Waals surface area contributed by atoms with Crippen LogP contribution in [0.25, 0.3) is 0 Å². The molecule has 23 heavy (non-hydrogen) atoms. The number of anilines is 1. The Bertz CT molecular complexity index is 912. The number of fused-ring (bicyclic) bond motifs is 1. The molecule has 0 amide bonds. The van der Waals surface area contributed by atoms with Crippen LogP contribution in [0.3, 0.4) is 0 Å². The molecule has 0 aliphatic carbocycles. The van der Waals surface area contributed by atoms with Crippen molar-refractivity contribution in [3.63, 3.8) is 0 Å². The number of nitrogens with zero attached hydrogens (tertiary/aromatic N) is 2. The van der Waals surface area contributed by atoms with Crippen LogP contribution in [-0.2, 0) is 16.4 Å². The molecule has 2 aromatic rings. The Hall–Kier alpha value is -2.48. The zero-order valence-corrected chi connectivity index (χ0v) is 13.0. The predicted octanol–water partition coefficient (Wildman–Crippen LogP) is 2.79.